The third kappa shape index (κ3) is 3.56. The van der Waals surface area contributed by atoms with E-state index in [0.29, 0.717) is 29.7 Å². The number of benzene rings is 1. The summed E-state index contributed by atoms with van der Waals surface area (Å²) in [4.78, 5) is 29.0. The molecule has 6 rings (SSSR count). The number of nitrogens with zero attached hydrogens (tertiary/aromatic N) is 4. The van der Waals surface area contributed by atoms with Crippen molar-refractivity contribution < 1.29 is 9.53 Å². The number of rotatable bonds is 2. The summed E-state index contributed by atoms with van der Waals surface area (Å²) in [5, 5.41) is 8.63. The van der Waals surface area contributed by atoms with Gasteiger partial charge in [-0.1, -0.05) is 0 Å². The third-order valence-electron chi connectivity index (χ3n) is 6.05. The van der Waals surface area contributed by atoms with Crippen molar-refractivity contribution in [1.29, 1.82) is 0 Å². The number of halogens is 1. The topological polar surface area (TPSA) is 92.3 Å². The molecular weight excluding hydrogens is 460 g/mol. The smallest absolute Gasteiger partial charge is 0.263 e. The van der Waals surface area contributed by atoms with Crippen molar-refractivity contribution in [2.45, 2.75) is 25.9 Å². The van der Waals surface area contributed by atoms with Crippen molar-refractivity contribution in [3.05, 3.63) is 45.7 Å². The Hall–Kier alpha value is -3.01. The van der Waals surface area contributed by atoms with E-state index >= 15 is 0 Å². The van der Waals surface area contributed by atoms with Crippen LogP contribution in [0.25, 0.3) is 21.0 Å². The van der Waals surface area contributed by atoms with Crippen LogP contribution in [0.1, 0.15) is 27.9 Å². The SMILES string of the molecule is C[C@@H]1CNc2c(sc3ccc4nc(Oc5nc(Cl)nc6c5CN(C)CC6)ccc4c23)C(=O)N1. The first-order valence-electron chi connectivity index (χ1n) is 10.8. The number of thiophene rings is 1. The second-order valence-electron chi connectivity index (χ2n) is 8.53. The first-order chi connectivity index (χ1) is 16.0. The average Bonchev–Trinajstić information content (AvgIpc) is 3.10. The highest BCUT2D eigenvalue weighted by atomic mass is 35.5. The van der Waals surface area contributed by atoms with Gasteiger partial charge in [-0.05, 0) is 43.8 Å². The van der Waals surface area contributed by atoms with Gasteiger partial charge in [0.2, 0.25) is 17.0 Å². The molecule has 168 valence electrons. The lowest BCUT2D eigenvalue weighted by Crippen LogP contribution is -2.34. The van der Waals surface area contributed by atoms with E-state index in [-0.39, 0.29) is 17.2 Å². The van der Waals surface area contributed by atoms with Gasteiger partial charge in [0.1, 0.15) is 4.88 Å². The summed E-state index contributed by atoms with van der Waals surface area (Å²) in [5.41, 5.74) is 3.52. The molecule has 2 aliphatic heterocycles. The Morgan fingerprint density at radius 3 is 2.97 bits per heavy atom. The average molecular weight is 481 g/mol. The van der Waals surface area contributed by atoms with Crippen LogP contribution in [0.4, 0.5) is 5.69 Å². The number of hydrogen-bond acceptors (Lipinski definition) is 8. The highest BCUT2D eigenvalue weighted by molar-refractivity contribution is 7.21. The number of likely N-dealkylation sites (N-methyl/N-ethyl adjacent to an activating group) is 1. The number of amides is 1. The van der Waals surface area contributed by atoms with E-state index in [9.17, 15) is 4.79 Å². The molecule has 2 aliphatic rings. The molecule has 3 aromatic heterocycles. The van der Waals surface area contributed by atoms with Crippen molar-refractivity contribution in [2.24, 2.45) is 0 Å². The summed E-state index contributed by atoms with van der Waals surface area (Å²) >= 11 is 7.65. The van der Waals surface area contributed by atoms with Gasteiger partial charge < -0.3 is 20.3 Å². The van der Waals surface area contributed by atoms with Crippen LogP contribution in [0.2, 0.25) is 5.28 Å². The predicted octanol–water partition coefficient (Wildman–Crippen LogP) is 4.22. The maximum atomic E-state index is 12.6. The highest BCUT2D eigenvalue weighted by Crippen LogP contribution is 2.41. The number of aromatic nitrogens is 3. The van der Waals surface area contributed by atoms with E-state index in [4.69, 9.17) is 21.3 Å². The zero-order valence-electron chi connectivity index (χ0n) is 18.1. The van der Waals surface area contributed by atoms with E-state index in [1.807, 2.05) is 31.2 Å². The molecule has 0 aliphatic carbocycles. The van der Waals surface area contributed by atoms with E-state index in [0.717, 1.165) is 50.9 Å². The molecule has 4 aromatic rings. The minimum Gasteiger partial charge on any atom is -0.420 e. The molecule has 2 N–H and O–H groups in total. The van der Waals surface area contributed by atoms with Crippen molar-refractivity contribution >= 4 is 55.5 Å². The van der Waals surface area contributed by atoms with E-state index in [2.05, 4.69) is 32.5 Å². The Kier molecular flexibility index (Phi) is 4.86. The molecular formula is C23H21ClN6O2S. The van der Waals surface area contributed by atoms with E-state index in [1.54, 1.807) is 0 Å². The van der Waals surface area contributed by atoms with Gasteiger partial charge >= 0.3 is 0 Å². The van der Waals surface area contributed by atoms with Gasteiger partial charge in [0.25, 0.3) is 5.91 Å². The fourth-order valence-electron chi connectivity index (χ4n) is 4.44. The Morgan fingerprint density at radius 2 is 2.09 bits per heavy atom. The maximum absolute atomic E-state index is 12.6. The highest BCUT2D eigenvalue weighted by Gasteiger charge is 2.25. The lowest BCUT2D eigenvalue weighted by atomic mass is 10.1. The molecule has 8 nitrogen and oxygen atoms in total. The van der Waals surface area contributed by atoms with Crippen LogP contribution in [0.15, 0.2) is 24.3 Å². The van der Waals surface area contributed by atoms with Gasteiger partial charge in [-0.2, -0.15) is 4.98 Å². The van der Waals surface area contributed by atoms with Crippen LogP contribution in [0.3, 0.4) is 0 Å². The Bertz CT molecular complexity index is 1440. The Balaban J connectivity index is 1.43. The molecule has 0 spiro atoms. The molecule has 5 heterocycles. The molecule has 0 saturated carbocycles. The molecule has 1 aromatic carbocycles. The van der Waals surface area contributed by atoms with Crippen molar-refractivity contribution in [2.75, 3.05) is 25.5 Å². The van der Waals surface area contributed by atoms with Gasteiger partial charge in [0.15, 0.2) is 0 Å². The van der Waals surface area contributed by atoms with Crippen molar-refractivity contribution in [1.82, 2.24) is 25.2 Å². The number of hydrogen-bond donors (Lipinski definition) is 2. The number of carbonyl (C=O) groups excluding carboxylic acids is 1. The van der Waals surface area contributed by atoms with Gasteiger partial charge in [-0.25, -0.2) is 9.97 Å². The first kappa shape index (κ1) is 20.6. The van der Waals surface area contributed by atoms with Crippen molar-refractivity contribution in [3.8, 4) is 11.8 Å². The maximum Gasteiger partial charge on any atom is 0.263 e. The number of ether oxygens (including phenoxy) is 1. The second kappa shape index (κ2) is 7.79. The molecule has 0 unspecified atom stereocenters. The first-order valence-corrected chi connectivity index (χ1v) is 12.0. The fourth-order valence-corrected chi connectivity index (χ4v) is 5.71. The van der Waals surface area contributed by atoms with Crippen LogP contribution in [-0.2, 0) is 13.0 Å². The monoisotopic (exact) mass is 480 g/mol. The Morgan fingerprint density at radius 1 is 1.21 bits per heavy atom. The second-order valence-corrected chi connectivity index (χ2v) is 9.92. The lowest BCUT2D eigenvalue weighted by molar-refractivity contribution is 0.0949. The molecule has 0 fully saturated rings. The van der Waals surface area contributed by atoms with Crippen LogP contribution in [0.5, 0.6) is 11.8 Å². The van der Waals surface area contributed by atoms with Crippen molar-refractivity contribution in [3.63, 3.8) is 0 Å². The van der Waals surface area contributed by atoms with Crippen LogP contribution >= 0.6 is 22.9 Å². The Labute approximate surface area is 198 Å². The zero-order chi connectivity index (χ0) is 22.7. The normalized spacial score (nSPS) is 18.4. The fraction of sp³-hybridized carbons (Fsp3) is 0.304. The summed E-state index contributed by atoms with van der Waals surface area (Å²) in [6.45, 7) is 4.27. The van der Waals surface area contributed by atoms with Gasteiger partial charge in [0, 0.05) is 53.6 Å². The van der Waals surface area contributed by atoms with Crippen LogP contribution in [-0.4, -0.2) is 51.9 Å². The minimum absolute atomic E-state index is 0.0415. The molecule has 0 radical (unpaired) electrons. The van der Waals surface area contributed by atoms with E-state index < -0.39 is 0 Å². The summed E-state index contributed by atoms with van der Waals surface area (Å²) in [6, 6.07) is 7.84. The molecule has 0 bridgehead atoms. The molecule has 1 atom stereocenters. The molecule has 33 heavy (non-hydrogen) atoms. The predicted molar refractivity (Wildman–Crippen MR) is 130 cm³/mol. The van der Waals surface area contributed by atoms with Gasteiger partial charge in [0.05, 0.1) is 22.5 Å². The number of carbonyl (C=O) groups is 1. The third-order valence-corrected chi connectivity index (χ3v) is 7.38. The van der Waals surface area contributed by atoms with Gasteiger partial charge in [-0.3, -0.25) is 4.79 Å². The minimum atomic E-state index is -0.0415. The summed E-state index contributed by atoms with van der Waals surface area (Å²) in [6.07, 6.45) is 0.802. The zero-order valence-corrected chi connectivity index (χ0v) is 19.7. The summed E-state index contributed by atoms with van der Waals surface area (Å²) < 4.78 is 7.16. The summed E-state index contributed by atoms with van der Waals surface area (Å²) in [7, 11) is 2.06. The standard InChI is InChI=1S/C23H21ClN6O2S/c1-11-9-25-19-18-12-3-6-17(27-14(12)4-5-16(18)33-20(19)21(31)26-11)32-22-13-10-30(2)8-7-15(13)28-23(24)29-22/h3-6,11,25H,7-10H2,1-2H3,(H,26,31)/t11-/m1/s1. The number of fused-ring (bicyclic) bond motifs is 6. The van der Waals surface area contributed by atoms with Gasteiger partial charge in [-0.15, -0.1) is 11.3 Å². The largest absolute Gasteiger partial charge is 0.420 e. The molecule has 1 amide bonds. The van der Waals surface area contributed by atoms with E-state index in [1.165, 1.54) is 11.3 Å². The lowest BCUT2D eigenvalue weighted by Gasteiger charge is -2.25. The summed E-state index contributed by atoms with van der Waals surface area (Å²) in [5.74, 6) is 0.842. The molecule has 10 heteroatoms. The number of pyridine rings is 1. The number of nitrogens with one attached hydrogen (secondary N) is 2. The molecule has 0 saturated heterocycles. The van der Waals surface area contributed by atoms with Crippen LogP contribution < -0.4 is 15.4 Å². The van der Waals surface area contributed by atoms with Crippen LogP contribution in [0, 0.1) is 0 Å². The quantitative estimate of drug-likeness (QED) is 0.415. The number of anilines is 1.